The van der Waals surface area contributed by atoms with Crippen molar-refractivity contribution in [1.29, 1.82) is 0 Å². The number of esters is 1. The molecule has 0 saturated heterocycles. The zero-order valence-corrected chi connectivity index (χ0v) is 11.1. The van der Waals surface area contributed by atoms with Crippen LogP contribution in [0.1, 0.15) is 41.0 Å². The van der Waals surface area contributed by atoms with Crippen LogP contribution in [-0.2, 0) is 20.3 Å². The summed E-state index contributed by atoms with van der Waals surface area (Å²) in [6, 6.07) is 0. The van der Waals surface area contributed by atoms with Gasteiger partial charge in [0.2, 0.25) is 0 Å². The normalized spacial score (nSPS) is 17.2. The van der Waals surface area contributed by atoms with Crippen LogP contribution in [0.15, 0.2) is 0 Å². The van der Waals surface area contributed by atoms with Gasteiger partial charge in [0.1, 0.15) is 0 Å². The lowest BCUT2D eigenvalue weighted by Gasteiger charge is -2.19. The highest BCUT2D eigenvalue weighted by Crippen LogP contribution is 2.15. The summed E-state index contributed by atoms with van der Waals surface area (Å²) in [5.41, 5.74) is 0. The van der Waals surface area contributed by atoms with Crippen LogP contribution in [0.3, 0.4) is 0 Å². The van der Waals surface area contributed by atoms with E-state index in [4.69, 9.17) is 4.74 Å². The first kappa shape index (κ1) is 14.6. The van der Waals surface area contributed by atoms with Crippen LogP contribution in [-0.4, -0.2) is 27.3 Å². The van der Waals surface area contributed by atoms with Gasteiger partial charge >= 0.3 is 5.97 Å². The van der Waals surface area contributed by atoms with E-state index in [1.54, 1.807) is 6.92 Å². The standard InChI is InChI=1S/C11H22O3S/c1-6-14-11(12)7-9(4)15(13)10(5)8(2)3/h8-10H,6-7H2,1-5H3. The Kier molecular flexibility index (Phi) is 6.81. The summed E-state index contributed by atoms with van der Waals surface area (Å²) in [7, 11) is -0.965. The lowest BCUT2D eigenvalue weighted by Crippen LogP contribution is -2.28. The molecule has 0 radical (unpaired) electrons. The number of carbonyl (C=O) groups excluding carboxylic acids is 1. The Labute approximate surface area is 95.0 Å². The molecule has 0 aromatic rings. The zero-order valence-electron chi connectivity index (χ0n) is 10.3. The quantitative estimate of drug-likeness (QED) is 0.661. The summed E-state index contributed by atoms with van der Waals surface area (Å²) < 4.78 is 16.8. The Morgan fingerprint density at radius 2 is 1.80 bits per heavy atom. The topological polar surface area (TPSA) is 43.4 Å². The predicted molar refractivity (Wildman–Crippen MR) is 63.2 cm³/mol. The van der Waals surface area contributed by atoms with Gasteiger partial charge in [-0.1, -0.05) is 27.7 Å². The molecule has 3 nitrogen and oxygen atoms in total. The SMILES string of the molecule is CCOC(=O)CC(C)S(=O)C(C)C(C)C. The highest BCUT2D eigenvalue weighted by Gasteiger charge is 2.23. The minimum absolute atomic E-state index is 0.120. The van der Waals surface area contributed by atoms with Gasteiger partial charge in [-0.15, -0.1) is 0 Å². The van der Waals surface area contributed by atoms with E-state index in [1.165, 1.54) is 0 Å². The lowest BCUT2D eigenvalue weighted by molar-refractivity contribution is -0.143. The van der Waals surface area contributed by atoms with E-state index < -0.39 is 10.8 Å². The number of rotatable bonds is 6. The molecule has 0 fully saturated rings. The molecule has 0 aliphatic carbocycles. The van der Waals surface area contributed by atoms with E-state index in [0.717, 1.165) is 0 Å². The van der Waals surface area contributed by atoms with Crippen molar-refractivity contribution in [2.75, 3.05) is 6.61 Å². The van der Waals surface area contributed by atoms with Crippen LogP contribution >= 0.6 is 0 Å². The third-order valence-electron chi connectivity index (χ3n) is 2.46. The van der Waals surface area contributed by atoms with Crippen LogP contribution in [0, 0.1) is 5.92 Å². The second-order valence-corrected chi connectivity index (χ2v) is 6.30. The first-order valence-electron chi connectivity index (χ1n) is 5.45. The van der Waals surface area contributed by atoms with Crippen LogP contribution in [0.5, 0.6) is 0 Å². The van der Waals surface area contributed by atoms with Crippen LogP contribution in [0.25, 0.3) is 0 Å². The first-order chi connectivity index (χ1) is 6.90. The minimum atomic E-state index is -0.965. The summed E-state index contributed by atoms with van der Waals surface area (Å²) in [4.78, 5) is 11.2. The van der Waals surface area contributed by atoms with Gasteiger partial charge in [0.15, 0.2) is 0 Å². The summed E-state index contributed by atoms with van der Waals surface area (Å²) >= 11 is 0. The van der Waals surface area contributed by atoms with Crippen molar-refractivity contribution < 1.29 is 13.7 Å². The fourth-order valence-corrected chi connectivity index (χ4v) is 2.74. The van der Waals surface area contributed by atoms with E-state index in [-0.39, 0.29) is 22.9 Å². The van der Waals surface area contributed by atoms with Gasteiger partial charge in [-0.05, 0) is 12.8 Å². The van der Waals surface area contributed by atoms with Crippen LogP contribution in [0.2, 0.25) is 0 Å². The molecule has 15 heavy (non-hydrogen) atoms. The number of carbonyl (C=O) groups is 1. The van der Waals surface area contributed by atoms with Crippen molar-refractivity contribution in [2.45, 2.75) is 51.5 Å². The Morgan fingerprint density at radius 3 is 2.20 bits per heavy atom. The molecular formula is C11H22O3S. The van der Waals surface area contributed by atoms with E-state index in [1.807, 2.05) is 27.7 Å². The van der Waals surface area contributed by atoms with E-state index in [2.05, 4.69) is 0 Å². The molecule has 0 aliphatic rings. The van der Waals surface area contributed by atoms with Crippen molar-refractivity contribution in [1.82, 2.24) is 0 Å². The molecule has 0 rings (SSSR count). The molecule has 3 atom stereocenters. The Morgan fingerprint density at radius 1 is 1.27 bits per heavy atom. The molecule has 4 heteroatoms. The third-order valence-corrected chi connectivity index (χ3v) is 4.70. The van der Waals surface area contributed by atoms with Crippen molar-refractivity contribution >= 4 is 16.8 Å². The monoisotopic (exact) mass is 234 g/mol. The Hall–Kier alpha value is -0.380. The summed E-state index contributed by atoms with van der Waals surface area (Å²) in [6.45, 7) is 10.0. The molecule has 90 valence electrons. The summed E-state index contributed by atoms with van der Waals surface area (Å²) in [5.74, 6) is 0.116. The molecule has 0 aromatic carbocycles. The molecule has 0 N–H and O–H groups in total. The Bertz CT molecular complexity index is 226. The first-order valence-corrected chi connectivity index (χ1v) is 6.72. The second kappa shape index (κ2) is 6.99. The van der Waals surface area contributed by atoms with Gasteiger partial charge in [-0.2, -0.15) is 0 Å². The highest BCUT2D eigenvalue weighted by molar-refractivity contribution is 7.86. The average Bonchev–Trinajstić information content (AvgIpc) is 2.15. The summed E-state index contributed by atoms with van der Waals surface area (Å²) in [6.07, 6.45) is 0.248. The zero-order chi connectivity index (χ0) is 12.0. The van der Waals surface area contributed by atoms with Crippen molar-refractivity contribution in [3.8, 4) is 0 Å². The van der Waals surface area contributed by atoms with Crippen LogP contribution in [0.4, 0.5) is 0 Å². The molecule has 0 heterocycles. The molecule has 0 amide bonds. The average molecular weight is 234 g/mol. The second-order valence-electron chi connectivity index (χ2n) is 4.10. The van der Waals surface area contributed by atoms with Gasteiger partial charge in [0.25, 0.3) is 0 Å². The van der Waals surface area contributed by atoms with E-state index in [9.17, 15) is 9.00 Å². The van der Waals surface area contributed by atoms with E-state index >= 15 is 0 Å². The predicted octanol–water partition coefficient (Wildman–Crippen LogP) is 2.12. The van der Waals surface area contributed by atoms with Crippen molar-refractivity contribution in [3.05, 3.63) is 0 Å². The number of ether oxygens (including phenoxy) is 1. The molecule has 3 unspecified atom stereocenters. The fraction of sp³-hybridized carbons (Fsp3) is 0.909. The maximum atomic E-state index is 11.9. The summed E-state index contributed by atoms with van der Waals surface area (Å²) in [5, 5.41) is -0.00382. The number of hydrogen-bond donors (Lipinski definition) is 0. The smallest absolute Gasteiger partial charge is 0.306 e. The minimum Gasteiger partial charge on any atom is -0.466 e. The lowest BCUT2D eigenvalue weighted by atomic mass is 10.2. The molecular weight excluding hydrogens is 212 g/mol. The maximum Gasteiger partial charge on any atom is 0.306 e. The van der Waals surface area contributed by atoms with Gasteiger partial charge in [-0.25, -0.2) is 0 Å². The molecule has 0 bridgehead atoms. The van der Waals surface area contributed by atoms with Gasteiger partial charge in [0, 0.05) is 21.3 Å². The van der Waals surface area contributed by atoms with Gasteiger partial charge in [0.05, 0.1) is 13.0 Å². The largest absolute Gasteiger partial charge is 0.466 e. The van der Waals surface area contributed by atoms with Gasteiger partial charge < -0.3 is 4.74 Å². The van der Waals surface area contributed by atoms with Crippen molar-refractivity contribution in [2.24, 2.45) is 5.92 Å². The van der Waals surface area contributed by atoms with Gasteiger partial charge in [-0.3, -0.25) is 9.00 Å². The number of hydrogen-bond acceptors (Lipinski definition) is 3. The highest BCUT2D eigenvalue weighted by atomic mass is 32.2. The Balaban J connectivity index is 4.15. The van der Waals surface area contributed by atoms with Crippen molar-refractivity contribution in [3.63, 3.8) is 0 Å². The molecule has 0 aromatic heterocycles. The molecule has 0 spiro atoms. The maximum absolute atomic E-state index is 11.9. The molecule has 0 saturated carbocycles. The fourth-order valence-electron chi connectivity index (χ4n) is 1.17. The van der Waals surface area contributed by atoms with Crippen LogP contribution < -0.4 is 0 Å². The van der Waals surface area contributed by atoms with E-state index in [0.29, 0.717) is 12.5 Å². The molecule has 0 aliphatic heterocycles. The third kappa shape index (κ3) is 5.30.